The molecule has 0 aromatic carbocycles. The zero-order valence-electron chi connectivity index (χ0n) is 6.38. The Bertz CT molecular complexity index is 80.9. The Morgan fingerprint density at radius 2 is 1.20 bits per heavy atom. The van der Waals surface area contributed by atoms with Gasteiger partial charge in [0.15, 0.2) is 0 Å². The predicted molar refractivity (Wildman–Crippen MR) is 33.3 cm³/mol. The minimum atomic E-state index is -1.49. The van der Waals surface area contributed by atoms with Gasteiger partial charge in [-0.2, -0.15) is 0 Å². The maximum absolute atomic E-state index is 8.77. The fraction of sp³-hybridized carbons (Fsp3) is 1.00. The summed E-state index contributed by atoms with van der Waals surface area (Å²) in [4.78, 5) is 0. The maximum atomic E-state index is 8.77. The second kappa shape index (κ2) is 4.59. The van der Waals surface area contributed by atoms with Crippen molar-refractivity contribution in [2.45, 2.75) is 18.3 Å². The standard InChI is InChI=1S/C5H12O5/c6-1-3(8)5(10)4(9)2-7/h3-10H,1-2H2/p+1/t3-,4+,5+. The fourth-order valence-corrected chi connectivity index (χ4v) is 0.472. The molecule has 3 atom stereocenters. The van der Waals surface area contributed by atoms with E-state index in [1.54, 1.807) is 0 Å². The van der Waals surface area contributed by atoms with E-state index in [1.165, 1.54) is 0 Å². The molecule has 0 bridgehead atoms. The number of hydrogen-bond acceptors (Lipinski definition) is 5. The largest absolute Gasteiger partial charge is 1.00 e. The third-order valence-corrected chi connectivity index (χ3v) is 1.16. The van der Waals surface area contributed by atoms with Gasteiger partial charge in [-0.3, -0.25) is 0 Å². The van der Waals surface area contributed by atoms with Gasteiger partial charge in [0.2, 0.25) is 0 Å². The highest BCUT2D eigenvalue weighted by atomic mass is 16.4. The van der Waals surface area contributed by atoms with E-state index in [-0.39, 0.29) is 1.43 Å². The lowest BCUT2D eigenvalue weighted by atomic mass is 10.1. The van der Waals surface area contributed by atoms with E-state index in [0.29, 0.717) is 0 Å². The highest BCUT2D eigenvalue weighted by Crippen LogP contribution is 1.97. The smallest absolute Gasteiger partial charge is 0.394 e. The van der Waals surface area contributed by atoms with Gasteiger partial charge >= 0.3 is 1.43 Å². The Morgan fingerprint density at radius 3 is 1.40 bits per heavy atom. The lowest BCUT2D eigenvalue weighted by Crippen LogP contribution is -2.41. The average Bonchev–Trinajstić information content (AvgIpc) is 2.00. The number of aliphatic hydroxyl groups excluding tert-OH is 5. The van der Waals surface area contributed by atoms with Gasteiger partial charge in [-0.25, -0.2) is 0 Å². The Hall–Kier alpha value is -0.200. The molecule has 0 aromatic rings. The molecule has 0 aliphatic rings. The van der Waals surface area contributed by atoms with Crippen LogP contribution in [-0.4, -0.2) is 57.1 Å². The first-order chi connectivity index (χ1) is 4.63. The first kappa shape index (κ1) is 9.80. The Labute approximate surface area is 59.7 Å². The average molecular weight is 153 g/mol. The molecular weight excluding hydrogens is 140 g/mol. The summed E-state index contributed by atoms with van der Waals surface area (Å²) in [5, 5.41) is 42.6. The van der Waals surface area contributed by atoms with Gasteiger partial charge in [0.25, 0.3) is 0 Å². The summed E-state index contributed by atoms with van der Waals surface area (Å²) < 4.78 is 0. The third-order valence-electron chi connectivity index (χ3n) is 1.16. The monoisotopic (exact) mass is 153 g/mol. The molecule has 0 aliphatic heterocycles. The second-order valence-corrected chi connectivity index (χ2v) is 1.99. The van der Waals surface area contributed by atoms with Gasteiger partial charge in [0, 0.05) is 0 Å². The van der Waals surface area contributed by atoms with Crippen LogP contribution >= 0.6 is 0 Å². The third kappa shape index (κ3) is 2.59. The van der Waals surface area contributed by atoms with Crippen molar-refractivity contribution >= 4 is 0 Å². The molecule has 0 unspecified atom stereocenters. The topological polar surface area (TPSA) is 101 Å². The molecule has 0 radical (unpaired) electrons. The quantitative estimate of drug-likeness (QED) is 0.299. The van der Waals surface area contributed by atoms with Crippen LogP contribution in [0.25, 0.3) is 0 Å². The molecule has 0 heterocycles. The molecule has 0 aromatic heterocycles. The summed E-state index contributed by atoms with van der Waals surface area (Å²) in [7, 11) is 0. The molecular formula is C5H13O5+. The van der Waals surface area contributed by atoms with E-state index in [2.05, 4.69) is 0 Å². The molecule has 0 aliphatic carbocycles. The minimum Gasteiger partial charge on any atom is -0.394 e. The van der Waals surface area contributed by atoms with Crippen LogP contribution in [0.15, 0.2) is 0 Å². The van der Waals surface area contributed by atoms with Crippen molar-refractivity contribution in [3.63, 3.8) is 0 Å². The first-order valence-corrected chi connectivity index (χ1v) is 2.89. The predicted octanol–water partition coefficient (Wildman–Crippen LogP) is -2.83. The lowest BCUT2D eigenvalue weighted by Gasteiger charge is -2.19. The molecule has 0 saturated carbocycles. The lowest BCUT2D eigenvalue weighted by molar-refractivity contribution is -0.0900. The molecule has 0 amide bonds. The van der Waals surface area contributed by atoms with Crippen LogP contribution in [-0.2, 0) is 0 Å². The normalized spacial score (nSPS) is 20.1. The molecule has 5 nitrogen and oxygen atoms in total. The van der Waals surface area contributed by atoms with Gasteiger partial charge in [-0.15, -0.1) is 0 Å². The van der Waals surface area contributed by atoms with Crippen LogP contribution in [0.3, 0.4) is 0 Å². The van der Waals surface area contributed by atoms with Gasteiger partial charge < -0.3 is 25.5 Å². The van der Waals surface area contributed by atoms with E-state index in [4.69, 9.17) is 25.5 Å². The minimum absolute atomic E-state index is 0. The SMILES string of the molecule is OC[C@@H](O)[C@H](O)[C@@H](O)CO.[H+]. The Morgan fingerprint density at radius 1 is 0.900 bits per heavy atom. The molecule has 5 N–H and O–H groups in total. The first-order valence-electron chi connectivity index (χ1n) is 2.89. The summed E-state index contributed by atoms with van der Waals surface area (Å²) in [6.45, 7) is -1.28. The van der Waals surface area contributed by atoms with E-state index in [0.717, 1.165) is 0 Å². The summed E-state index contributed by atoms with van der Waals surface area (Å²) in [6.07, 6.45) is -4.29. The van der Waals surface area contributed by atoms with E-state index < -0.39 is 31.5 Å². The second-order valence-electron chi connectivity index (χ2n) is 1.99. The van der Waals surface area contributed by atoms with Gasteiger partial charge in [0.05, 0.1) is 13.2 Å². The maximum Gasteiger partial charge on any atom is 1.00 e. The zero-order valence-corrected chi connectivity index (χ0v) is 5.38. The molecule has 0 fully saturated rings. The fourth-order valence-electron chi connectivity index (χ4n) is 0.472. The van der Waals surface area contributed by atoms with Crippen molar-refractivity contribution in [3.05, 3.63) is 0 Å². The van der Waals surface area contributed by atoms with Crippen LogP contribution in [0.5, 0.6) is 0 Å². The summed E-state index contributed by atoms with van der Waals surface area (Å²) in [5.41, 5.74) is 0. The number of hydrogen-bond donors (Lipinski definition) is 5. The van der Waals surface area contributed by atoms with Gasteiger partial charge in [-0.05, 0) is 0 Å². The zero-order chi connectivity index (χ0) is 8.15. The van der Waals surface area contributed by atoms with Crippen molar-refractivity contribution in [3.8, 4) is 0 Å². The molecule has 10 heavy (non-hydrogen) atoms. The molecule has 0 rings (SSSR count). The van der Waals surface area contributed by atoms with Crippen LogP contribution < -0.4 is 0 Å². The highest BCUT2D eigenvalue weighted by Gasteiger charge is 2.22. The van der Waals surface area contributed by atoms with Gasteiger partial charge in [-0.1, -0.05) is 0 Å². The summed E-state index contributed by atoms with van der Waals surface area (Å²) in [5.74, 6) is 0. The molecule has 0 saturated heterocycles. The van der Waals surface area contributed by atoms with Crippen molar-refractivity contribution in [1.82, 2.24) is 0 Å². The van der Waals surface area contributed by atoms with Crippen molar-refractivity contribution in [1.29, 1.82) is 0 Å². The number of rotatable bonds is 4. The van der Waals surface area contributed by atoms with Crippen LogP contribution in [0.1, 0.15) is 1.43 Å². The molecule has 5 heteroatoms. The highest BCUT2D eigenvalue weighted by molar-refractivity contribution is 4.73. The molecule has 62 valence electrons. The van der Waals surface area contributed by atoms with Crippen molar-refractivity contribution < 1.29 is 27.0 Å². The van der Waals surface area contributed by atoms with E-state index in [1.807, 2.05) is 0 Å². The van der Waals surface area contributed by atoms with E-state index >= 15 is 0 Å². The van der Waals surface area contributed by atoms with Crippen LogP contribution in [0, 0.1) is 0 Å². The van der Waals surface area contributed by atoms with Crippen LogP contribution in [0.4, 0.5) is 0 Å². The Kier molecular flexibility index (Phi) is 4.50. The molecule has 0 spiro atoms. The Balaban J connectivity index is 0. The summed E-state index contributed by atoms with van der Waals surface area (Å²) >= 11 is 0. The number of aliphatic hydroxyl groups is 5. The van der Waals surface area contributed by atoms with Crippen molar-refractivity contribution in [2.75, 3.05) is 13.2 Å². The van der Waals surface area contributed by atoms with Crippen LogP contribution in [0.2, 0.25) is 0 Å². The summed E-state index contributed by atoms with van der Waals surface area (Å²) in [6, 6.07) is 0. The van der Waals surface area contributed by atoms with Gasteiger partial charge in [0.1, 0.15) is 18.3 Å². The van der Waals surface area contributed by atoms with Crippen molar-refractivity contribution in [2.24, 2.45) is 0 Å². The van der Waals surface area contributed by atoms with E-state index in [9.17, 15) is 0 Å².